The van der Waals surface area contributed by atoms with Crippen LogP contribution in [0, 0.1) is 0 Å². The highest BCUT2D eigenvalue weighted by molar-refractivity contribution is 7.07. The molecule has 0 spiro atoms. The molecule has 2 aliphatic rings. The van der Waals surface area contributed by atoms with Gasteiger partial charge in [0.1, 0.15) is 11.3 Å². The summed E-state index contributed by atoms with van der Waals surface area (Å²) >= 11 is 1.43. The van der Waals surface area contributed by atoms with Crippen LogP contribution in [0.25, 0.3) is 0 Å². The van der Waals surface area contributed by atoms with Gasteiger partial charge in [-0.1, -0.05) is 30.3 Å². The number of nitrogens with zero attached hydrogens (tertiary/aromatic N) is 4. The number of thiazole rings is 1. The van der Waals surface area contributed by atoms with Gasteiger partial charge in [-0.2, -0.15) is 0 Å². The molecule has 7 heteroatoms. The lowest BCUT2D eigenvalue weighted by atomic mass is 9.79. The Morgan fingerprint density at radius 3 is 2.59 bits per heavy atom. The minimum atomic E-state index is -0.948. The van der Waals surface area contributed by atoms with Crippen LogP contribution in [0.4, 0.5) is 0 Å². The SMILES string of the molecule is CN1CCN([C@@H]2CN(C(=O)c3cscn3)CC[C@]2(O)c2ccccc2)CC1. The zero-order chi connectivity index (χ0) is 18.9. The summed E-state index contributed by atoms with van der Waals surface area (Å²) in [6.45, 7) is 4.80. The Labute approximate surface area is 164 Å². The van der Waals surface area contributed by atoms with Gasteiger partial charge in [0.05, 0.1) is 11.6 Å². The zero-order valence-corrected chi connectivity index (χ0v) is 16.4. The van der Waals surface area contributed by atoms with Crippen LogP contribution in [0.2, 0.25) is 0 Å². The van der Waals surface area contributed by atoms with E-state index in [-0.39, 0.29) is 11.9 Å². The molecule has 2 saturated heterocycles. The molecule has 27 heavy (non-hydrogen) atoms. The van der Waals surface area contributed by atoms with Gasteiger partial charge in [0.15, 0.2) is 0 Å². The second-order valence-corrected chi connectivity index (χ2v) is 8.24. The third-order valence-corrected chi connectivity index (χ3v) is 6.48. The van der Waals surface area contributed by atoms with Gasteiger partial charge in [-0.3, -0.25) is 9.69 Å². The Balaban J connectivity index is 1.61. The van der Waals surface area contributed by atoms with Crippen LogP contribution in [0.3, 0.4) is 0 Å². The highest BCUT2D eigenvalue weighted by atomic mass is 32.1. The van der Waals surface area contributed by atoms with Crippen molar-refractivity contribution in [2.24, 2.45) is 0 Å². The maximum atomic E-state index is 12.9. The molecular weight excluding hydrogens is 360 g/mol. The molecule has 2 atom stereocenters. The number of hydrogen-bond donors (Lipinski definition) is 1. The average Bonchev–Trinajstić information content (AvgIpc) is 3.24. The first-order valence-corrected chi connectivity index (χ1v) is 10.4. The minimum absolute atomic E-state index is 0.0366. The number of likely N-dealkylation sites (tertiary alicyclic amines) is 1. The van der Waals surface area contributed by atoms with Gasteiger partial charge in [0.25, 0.3) is 5.91 Å². The fourth-order valence-electron chi connectivity index (χ4n) is 4.20. The maximum Gasteiger partial charge on any atom is 0.273 e. The van der Waals surface area contributed by atoms with Gasteiger partial charge in [-0.05, 0) is 19.0 Å². The van der Waals surface area contributed by atoms with Crippen molar-refractivity contribution >= 4 is 17.2 Å². The lowest BCUT2D eigenvalue weighted by Crippen LogP contribution is -2.64. The molecule has 2 aliphatic heterocycles. The molecule has 1 aromatic heterocycles. The number of piperidine rings is 1. The van der Waals surface area contributed by atoms with E-state index in [0.29, 0.717) is 25.2 Å². The molecule has 0 bridgehead atoms. The van der Waals surface area contributed by atoms with E-state index in [1.807, 2.05) is 35.2 Å². The van der Waals surface area contributed by atoms with Crippen molar-refractivity contribution in [2.45, 2.75) is 18.1 Å². The quantitative estimate of drug-likeness (QED) is 0.866. The zero-order valence-electron chi connectivity index (χ0n) is 15.6. The summed E-state index contributed by atoms with van der Waals surface area (Å²) in [5.41, 5.74) is 2.18. The van der Waals surface area contributed by atoms with E-state index in [2.05, 4.69) is 21.8 Å². The summed E-state index contributed by atoms with van der Waals surface area (Å²) in [4.78, 5) is 23.5. The number of hydrogen-bond acceptors (Lipinski definition) is 6. The second kappa shape index (κ2) is 7.67. The summed E-state index contributed by atoms with van der Waals surface area (Å²) in [6.07, 6.45) is 0.532. The van der Waals surface area contributed by atoms with E-state index in [1.54, 1.807) is 10.9 Å². The van der Waals surface area contributed by atoms with Crippen molar-refractivity contribution in [3.8, 4) is 0 Å². The van der Waals surface area contributed by atoms with E-state index in [4.69, 9.17) is 0 Å². The molecule has 4 rings (SSSR count). The number of aromatic nitrogens is 1. The first kappa shape index (κ1) is 18.6. The van der Waals surface area contributed by atoms with Crippen molar-refractivity contribution in [1.29, 1.82) is 0 Å². The Kier molecular flexibility index (Phi) is 5.27. The maximum absolute atomic E-state index is 12.9. The second-order valence-electron chi connectivity index (χ2n) is 7.52. The molecule has 2 aromatic rings. The molecule has 0 unspecified atom stereocenters. The Morgan fingerprint density at radius 1 is 1.19 bits per heavy atom. The van der Waals surface area contributed by atoms with Gasteiger partial charge < -0.3 is 14.9 Å². The lowest BCUT2D eigenvalue weighted by molar-refractivity contribution is -0.101. The van der Waals surface area contributed by atoms with Crippen LogP contribution in [0.1, 0.15) is 22.5 Å². The van der Waals surface area contributed by atoms with Gasteiger partial charge in [-0.25, -0.2) is 4.98 Å². The van der Waals surface area contributed by atoms with Crippen molar-refractivity contribution in [3.63, 3.8) is 0 Å². The minimum Gasteiger partial charge on any atom is -0.383 e. The molecule has 1 N–H and O–H groups in total. The van der Waals surface area contributed by atoms with Gasteiger partial charge in [0.2, 0.25) is 0 Å². The van der Waals surface area contributed by atoms with E-state index >= 15 is 0 Å². The number of rotatable bonds is 3. The standard InChI is InChI=1S/C20H26N4O2S/c1-22-9-11-23(12-10-22)18-13-24(19(25)17-14-27-15-21-17)8-7-20(18,26)16-5-3-2-4-6-16/h2-6,14-15,18,26H,7-13H2,1H3/t18-,20+/m1/s1. The first-order chi connectivity index (χ1) is 13.1. The molecule has 0 radical (unpaired) electrons. The van der Waals surface area contributed by atoms with E-state index in [0.717, 1.165) is 31.7 Å². The van der Waals surface area contributed by atoms with Crippen LogP contribution in [0.5, 0.6) is 0 Å². The van der Waals surface area contributed by atoms with Crippen molar-refractivity contribution in [3.05, 3.63) is 52.5 Å². The molecule has 6 nitrogen and oxygen atoms in total. The van der Waals surface area contributed by atoms with Crippen LogP contribution < -0.4 is 0 Å². The molecular formula is C20H26N4O2S. The van der Waals surface area contributed by atoms with E-state index < -0.39 is 5.60 Å². The number of piperazine rings is 1. The van der Waals surface area contributed by atoms with Crippen molar-refractivity contribution in [1.82, 2.24) is 19.7 Å². The molecule has 1 aromatic carbocycles. The highest BCUT2D eigenvalue weighted by Crippen LogP contribution is 2.36. The summed E-state index contributed by atoms with van der Waals surface area (Å²) in [5.74, 6) is -0.0366. The van der Waals surface area contributed by atoms with Crippen LogP contribution >= 0.6 is 11.3 Å². The molecule has 0 aliphatic carbocycles. The topological polar surface area (TPSA) is 59.9 Å². The Bertz CT molecular complexity index is 762. The number of carbonyl (C=O) groups is 1. The fraction of sp³-hybridized carbons (Fsp3) is 0.500. The summed E-state index contributed by atoms with van der Waals surface area (Å²) in [6, 6.07) is 9.80. The van der Waals surface area contributed by atoms with Gasteiger partial charge in [0, 0.05) is 44.6 Å². The number of amides is 1. The lowest BCUT2D eigenvalue weighted by Gasteiger charge is -2.51. The number of benzene rings is 1. The van der Waals surface area contributed by atoms with E-state index in [9.17, 15) is 9.90 Å². The largest absolute Gasteiger partial charge is 0.383 e. The number of carbonyl (C=O) groups excluding carboxylic acids is 1. The molecule has 144 valence electrons. The van der Waals surface area contributed by atoms with Crippen LogP contribution in [0.15, 0.2) is 41.2 Å². The van der Waals surface area contributed by atoms with Crippen LogP contribution in [-0.2, 0) is 5.60 Å². The average molecular weight is 387 g/mol. The highest BCUT2D eigenvalue weighted by Gasteiger charge is 2.47. The number of likely N-dealkylation sites (N-methyl/N-ethyl adjacent to an activating group) is 1. The first-order valence-electron chi connectivity index (χ1n) is 9.46. The van der Waals surface area contributed by atoms with Gasteiger partial charge >= 0.3 is 0 Å². The summed E-state index contributed by atoms with van der Waals surface area (Å²) in [5, 5.41) is 13.5. The predicted octanol–water partition coefficient (Wildman–Crippen LogP) is 1.49. The predicted molar refractivity (Wildman–Crippen MR) is 106 cm³/mol. The third-order valence-electron chi connectivity index (χ3n) is 5.90. The van der Waals surface area contributed by atoms with Gasteiger partial charge in [-0.15, -0.1) is 11.3 Å². The third kappa shape index (κ3) is 3.65. The van der Waals surface area contributed by atoms with Crippen molar-refractivity contribution in [2.75, 3.05) is 46.3 Å². The molecule has 0 saturated carbocycles. The molecule has 1 amide bonds. The van der Waals surface area contributed by atoms with Crippen LogP contribution in [-0.4, -0.2) is 83.1 Å². The molecule has 3 heterocycles. The number of aliphatic hydroxyl groups is 1. The van der Waals surface area contributed by atoms with E-state index in [1.165, 1.54) is 11.3 Å². The molecule has 2 fully saturated rings. The fourth-order valence-corrected chi connectivity index (χ4v) is 4.73. The monoisotopic (exact) mass is 386 g/mol. The Hall–Kier alpha value is -1.80. The Morgan fingerprint density at radius 2 is 1.93 bits per heavy atom. The van der Waals surface area contributed by atoms with Crippen molar-refractivity contribution < 1.29 is 9.90 Å². The normalized spacial score (nSPS) is 27.6. The summed E-state index contributed by atoms with van der Waals surface area (Å²) in [7, 11) is 2.12. The summed E-state index contributed by atoms with van der Waals surface area (Å²) < 4.78 is 0. The smallest absolute Gasteiger partial charge is 0.273 e.